The molecule has 3 N–H and O–H groups in total. The summed E-state index contributed by atoms with van der Waals surface area (Å²) in [6, 6.07) is 26.5. The van der Waals surface area contributed by atoms with E-state index >= 15 is 0 Å². The zero-order chi connectivity index (χ0) is 26.6. The second-order valence-electron chi connectivity index (χ2n) is 11.4. The summed E-state index contributed by atoms with van der Waals surface area (Å²) in [4.78, 5) is 0. The van der Waals surface area contributed by atoms with Crippen molar-refractivity contribution in [3.63, 3.8) is 0 Å². The average Bonchev–Trinajstić information content (AvgIpc) is 3.75. The third-order valence-electron chi connectivity index (χ3n) is 8.67. The van der Waals surface area contributed by atoms with Crippen LogP contribution in [0.15, 0.2) is 77.3 Å². The Kier molecular flexibility index (Phi) is 8.06. The minimum Gasteiger partial charge on any atom is -0.399 e. The molecular formula is C36H39BrN2. The maximum atomic E-state index is 5.63. The number of fused-ring (bicyclic) bond motifs is 4. The number of nitrogens with one attached hydrogen (secondary N) is 1. The Morgan fingerprint density at radius 1 is 0.436 bits per heavy atom. The monoisotopic (exact) mass is 578 g/mol. The molecule has 4 aromatic rings. The molecule has 4 aliphatic carbocycles. The van der Waals surface area contributed by atoms with E-state index in [-0.39, 0.29) is 0 Å². The molecule has 39 heavy (non-hydrogen) atoms. The molecule has 200 valence electrons. The fraction of sp³-hybridized carbons (Fsp3) is 0.333. The van der Waals surface area contributed by atoms with Crippen molar-refractivity contribution in [1.29, 1.82) is 0 Å². The van der Waals surface area contributed by atoms with Crippen molar-refractivity contribution in [2.24, 2.45) is 0 Å². The van der Waals surface area contributed by atoms with Crippen LogP contribution in [0.4, 0.5) is 17.1 Å². The van der Waals surface area contributed by atoms with Crippen LogP contribution in [0.5, 0.6) is 0 Å². The number of nitrogens with two attached hydrogens (primary N) is 1. The van der Waals surface area contributed by atoms with Crippen molar-refractivity contribution in [3.8, 4) is 0 Å². The third kappa shape index (κ3) is 6.41. The van der Waals surface area contributed by atoms with Crippen LogP contribution in [0, 0.1) is 0 Å². The summed E-state index contributed by atoms with van der Waals surface area (Å²) in [6.07, 6.45) is 15.3. The topological polar surface area (TPSA) is 38.0 Å². The highest BCUT2D eigenvalue weighted by Gasteiger charge is 2.13. The zero-order valence-electron chi connectivity index (χ0n) is 22.9. The molecular weight excluding hydrogens is 540 g/mol. The molecule has 0 aromatic heterocycles. The molecule has 0 amide bonds. The lowest BCUT2D eigenvalue weighted by molar-refractivity contribution is 0.911. The molecule has 0 unspecified atom stereocenters. The van der Waals surface area contributed by atoms with Gasteiger partial charge in [-0.3, -0.25) is 0 Å². The summed E-state index contributed by atoms with van der Waals surface area (Å²) in [5.41, 5.74) is 21.2. The number of aryl methyl sites for hydroxylation is 8. The van der Waals surface area contributed by atoms with Gasteiger partial charge < -0.3 is 11.1 Å². The van der Waals surface area contributed by atoms with Crippen molar-refractivity contribution < 1.29 is 0 Å². The molecule has 0 bridgehead atoms. The van der Waals surface area contributed by atoms with Gasteiger partial charge in [0.15, 0.2) is 0 Å². The Labute approximate surface area is 242 Å². The standard InChI is InChI=1S/C18H19N.C9H9Br.C9H11N/c1-3-13-7-9-17(11-15(13)5-1)19-18-10-8-14-4-2-6-16(14)12-18;2*10-9-5-4-7-2-1-3-8(7)6-9/h7-12,19H,1-6H2;4-6H,1-3H2;4-6H,1-3,10H2. The molecule has 4 aliphatic rings. The zero-order valence-corrected chi connectivity index (χ0v) is 24.5. The Morgan fingerprint density at radius 3 is 1.33 bits per heavy atom. The first-order valence-corrected chi connectivity index (χ1v) is 15.6. The van der Waals surface area contributed by atoms with Gasteiger partial charge >= 0.3 is 0 Å². The minimum atomic E-state index is 0.903. The van der Waals surface area contributed by atoms with Crippen LogP contribution >= 0.6 is 15.9 Å². The van der Waals surface area contributed by atoms with E-state index in [1.807, 2.05) is 6.07 Å². The molecule has 0 saturated carbocycles. The Balaban J connectivity index is 0.000000117. The second kappa shape index (κ2) is 12.0. The van der Waals surface area contributed by atoms with E-state index in [0.29, 0.717) is 0 Å². The van der Waals surface area contributed by atoms with Crippen LogP contribution in [-0.2, 0) is 51.4 Å². The molecule has 4 aromatic carbocycles. The number of anilines is 3. The second-order valence-corrected chi connectivity index (χ2v) is 12.4. The summed E-state index contributed by atoms with van der Waals surface area (Å²) in [7, 11) is 0. The Hall–Kier alpha value is -3.04. The summed E-state index contributed by atoms with van der Waals surface area (Å²) >= 11 is 3.46. The highest BCUT2D eigenvalue weighted by Crippen LogP contribution is 2.30. The lowest BCUT2D eigenvalue weighted by Crippen LogP contribution is -1.93. The van der Waals surface area contributed by atoms with E-state index in [1.54, 1.807) is 16.7 Å². The van der Waals surface area contributed by atoms with Gasteiger partial charge in [-0.1, -0.05) is 40.2 Å². The molecule has 0 heterocycles. The van der Waals surface area contributed by atoms with Crippen molar-refractivity contribution in [1.82, 2.24) is 0 Å². The van der Waals surface area contributed by atoms with Crippen molar-refractivity contribution in [3.05, 3.63) is 122 Å². The van der Waals surface area contributed by atoms with Crippen LogP contribution < -0.4 is 11.1 Å². The number of hydrogen-bond donors (Lipinski definition) is 2. The Morgan fingerprint density at radius 2 is 0.821 bits per heavy atom. The van der Waals surface area contributed by atoms with Gasteiger partial charge in [0, 0.05) is 21.5 Å². The lowest BCUT2D eigenvalue weighted by Gasteiger charge is -2.10. The van der Waals surface area contributed by atoms with Gasteiger partial charge in [0.05, 0.1) is 0 Å². The quantitative estimate of drug-likeness (QED) is 0.233. The summed E-state index contributed by atoms with van der Waals surface area (Å²) in [6.45, 7) is 0. The van der Waals surface area contributed by atoms with Gasteiger partial charge in [-0.05, 0) is 170 Å². The molecule has 0 spiro atoms. The summed E-state index contributed by atoms with van der Waals surface area (Å²) in [5, 5.41) is 3.56. The smallest absolute Gasteiger partial charge is 0.0387 e. The largest absolute Gasteiger partial charge is 0.399 e. The molecule has 0 atom stereocenters. The van der Waals surface area contributed by atoms with Gasteiger partial charge in [-0.25, -0.2) is 0 Å². The first-order chi connectivity index (χ1) is 19.1. The molecule has 8 rings (SSSR count). The first kappa shape index (κ1) is 26.2. The van der Waals surface area contributed by atoms with Crippen LogP contribution in [0.2, 0.25) is 0 Å². The highest BCUT2D eigenvalue weighted by atomic mass is 79.9. The maximum absolute atomic E-state index is 5.63. The van der Waals surface area contributed by atoms with E-state index in [9.17, 15) is 0 Å². The fourth-order valence-corrected chi connectivity index (χ4v) is 7.01. The van der Waals surface area contributed by atoms with Crippen LogP contribution in [0.3, 0.4) is 0 Å². The average molecular weight is 580 g/mol. The molecule has 0 saturated heterocycles. The predicted octanol–water partition coefficient (Wildman–Crippen LogP) is 9.10. The molecule has 0 fully saturated rings. The predicted molar refractivity (Wildman–Crippen MR) is 169 cm³/mol. The van der Waals surface area contributed by atoms with Crippen LogP contribution in [-0.4, -0.2) is 0 Å². The number of halogens is 1. The highest BCUT2D eigenvalue weighted by molar-refractivity contribution is 9.10. The van der Waals surface area contributed by atoms with E-state index < -0.39 is 0 Å². The van der Waals surface area contributed by atoms with Crippen molar-refractivity contribution in [2.75, 3.05) is 11.1 Å². The molecule has 0 aliphatic heterocycles. The van der Waals surface area contributed by atoms with Gasteiger partial charge in [0.1, 0.15) is 0 Å². The minimum absolute atomic E-state index is 0.903. The number of rotatable bonds is 2. The van der Waals surface area contributed by atoms with Gasteiger partial charge in [0.2, 0.25) is 0 Å². The molecule has 3 heteroatoms. The normalized spacial score (nSPS) is 15.7. The molecule has 2 nitrogen and oxygen atoms in total. The molecule has 0 radical (unpaired) electrons. The maximum Gasteiger partial charge on any atom is 0.0387 e. The van der Waals surface area contributed by atoms with Crippen molar-refractivity contribution in [2.45, 2.75) is 77.0 Å². The van der Waals surface area contributed by atoms with Gasteiger partial charge in [0.25, 0.3) is 0 Å². The van der Waals surface area contributed by atoms with E-state index in [1.165, 1.54) is 121 Å². The van der Waals surface area contributed by atoms with E-state index in [2.05, 4.69) is 88.0 Å². The lowest BCUT2D eigenvalue weighted by atomic mass is 10.1. The van der Waals surface area contributed by atoms with E-state index in [0.717, 1.165) is 5.69 Å². The number of hydrogen-bond acceptors (Lipinski definition) is 2. The fourth-order valence-electron chi connectivity index (χ4n) is 6.60. The summed E-state index contributed by atoms with van der Waals surface area (Å²) < 4.78 is 1.22. The number of nitrogen functional groups attached to an aromatic ring is 1. The SMILES string of the molecule is Brc1ccc2c(c1)CCC2.Nc1ccc2c(c1)CCC2.c1cc2c(cc1Nc1ccc3c(c1)CCC3)CCC2. The summed E-state index contributed by atoms with van der Waals surface area (Å²) in [5.74, 6) is 0. The van der Waals surface area contributed by atoms with Gasteiger partial charge in [-0.15, -0.1) is 0 Å². The number of benzene rings is 4. The third-order valence-corrected chi connectivity index (χ3v) is 9.16. The van der Waals surface area contributed by atoms with Crippen molar-refractivity contribution >= 4 is 33.0 Å². The van der Waals surface area contributed by atoms with Gasteiger partial charge in [-0.2, -0.15) is 0 Å². The van der Waals surface area contributed by atoms with E-state index in [4.69, 9.17) is 5.73 Å². The van der Waals surface area contributed by atoms with Crippen LogP contribution in [0.1, 0.15) is 70.2 Å². The Bertz CT molecular complexity index is 1360. The van der Waals surface area contributed by atoms with Crippen LogP contribution in [0.25, 0.3) is 0 Å². The first-order valence-electron chi connectivity index (χ1n) is 14.8.